The van der Waals surface area contributed by atoms with Crippen molar-refractivity contribution >= 4 is 0 Å². The first-order chi connectivity index (χ1) is 15.9. The summed E-state index contributed by atoms with van der Waals surface area (Å²) < 4.78 is 110. The van der Waals surface area contributed by atoms with Gasteiger partial charge < -0.3 is 5.11 Å². The normalized spacial score (nSPS) is 44.6. The molecule has 8 heteroatoms. The first-order valence-electron chi connectivity index (χ1n) is 13.1. The standard InChI is InChI=1S/C27H39F7O/c1-14(2)7-6-8-15(3)20-24(5)12-10-17-19(21(24)27(33,34)26(20,31)32)25(29,30)22(28)18-13-16(35)9-11-23(17,18)4/h14-17,19-21,35H,6-13H2,1-5H3/t15-,16+,17+,19-,20-,21+,23-,24-/m1/s1. The third-order valence-corrected chi connectivity index (χ3v) is 10.4. The molecule has 0 saturated heterocycles. The maximum absolute atomic E-state index is 15.8. The van der Waals surface area contributed by atoms with E-state index in [-0.39, 0.29) is 37.7 Å². The smallest absolute Gasteiger partial charge is 0.314 e. The second kappa shape index (κ2) is 8.36. The minimum absolute atomic E-state index is 0.0215. The predicted molar refractivity (Wildman–Crippen MR) is 120 cm³/mol. The van der Waals surface area contributed by atoms with Gasteiger partial charge in [-0.3, -0.25) is 0 Å². The number of fused-ring (bicyclic) bond motifs is 5. The van der Waals surface area contributed by atoms with E-state index < -0.39 is 70.1 Å². The molecule has 1 N–H and O–H groups in total. The summed E-state index contributed by atoms with van der Waals surface area (Å²) in [5.74, 6) is -23.0. The fourth-order valence-corrected chi connectivity index (χ4v) is 8.75. The van der Waals surface area contributed by atoms with Crippen molar-refractivity contribution in [1.29, 1.82) is 0 Å². The van der Waals surface area contributed by atoms with Crippen LogP contribution in [0.25, 0.3) is 0 Å². The largest absolute Gasteiger partial charge is 0.393 e. The predicted octanol–water partition coefficient (Wildman–Crippen LogP) is 8.42. The van der Waals surface area contributed by atoms with Crippen molar-refractivity contribution < 1.29 is 35.8 Å². The Morgan fingerprint density at radius 2 is 1.54 bits per heavy atom. The van der Waals surface area contributed by atoms with E-state index in [0.29, 0.717) is 18.8 Å². The van der Waals surface area contributed by atoms with Gasteiger partial charge in [-0.15, -0.1) is 0 Å². The summed E-state index contributed by atoms with van der Waals surface area (Å²) in [6, 6.07) is 0. The summed E-state index contributed by atoms with van der Waals surface area (Å²) in [7, 11) is 0. The number of hydrogen-bond donors (Lipinski definition) is 1. The summed E-state index contributed by atoms with van der Waals surface area (Å²) in [4.78, 5) is 0. The Labute approximate surface area is 203 Å². The van der Waals surface area contributed by atoms with E-state index in [1.165, 1.54) is 13.8 Å². The molecule has 0 aromatic rings. The number of allylic oxidation sites excluding steroid dienone is 1. The molecule has 4 aliphatic rings. The van der Waals surface area contributed by atoms with Crippen LogP contribution in [-0.2, 0) is 0 Å². The number of hydrogen-bond acceptors (Lipinski definition) is 1. The van der Waals surface area contributed by atoms with E-state index in [0.717, 1.165) is 6.42 Å². The van der Waals surface area contributed by atoms with Crippen LogP contribution in [0.1, 0.15) is 86.0 Å². The average Bonchev–Trinajstić information content (AvgIpc) is 2.85. The van der Waals surface area contributed by atoms with Crippen molar-refractivity contribution in [2.75, 3.05) is 0 Å². The summed E-state index contributed by atoms with van der Waals surface area (Å²) in [6.45, 7) is 8.45. The zero-order valence-electron chi connectivity index (χ0n) is 21.3. The zero-order chi connectivity index (χ0) is 26.4. The Morgan fingerprint density at radius 1 is 0.914 bits per heavy atom. The Bertz CT molecular complexity index is 868. The Balaban J connectivity index is 1.80. The summed E-state index contributed by atoms with van der Waals surface area (Å²) in [5, 5.41) is 10.0. The molecule has 4 aliphatic carbocycles. The van der Waals surface area contributed by atoms with Crippen molar-refractivity contribution in [3.8, 4) is 0 Å². The van der Waals surface area contributed by atoms with Gasteiger partial charge in [0.05, 0.1) is 6.10 Å². The topological polar surface area (TPSA) is 20.2 Å². The lowest BCUT2D eigenvalue weighted by Gasteiger charge is -2.59. The molecule has 0 amide bonds. The number of aliphatic hydroxyl groups is 1. The molecule has 3 fully saturated rings. The number of rotatable bonds is 5. The number of halogens is 7. The lowest BCUT2D eigenvalue weighted by Crippen LogP contribution is -2.61. The fraction of sp³-hybridized carbons (Fsp3) is 0.926. The molecule has 4 rings (SSSR count). The monoisotopic (exact) mass is 512 g/mol. The molecule has 3 saturated carbocycles. The molecule has 0 bridgehead atoms. The van der Waals surface area contributed by atoms with Crippen LogP contribution in [-0.4, -0.2) is 29.0 Å². The van der Waals surface area contributed by atoms with Gasteiger partial charge in [-0.05, 0) is 66.3 Å². The van der Waals surface area contributed by atoms with Crippen LogP contribution < -0.4 is 0 Å². The van der Waals surface area contributed by atoms with E-state index in [1.807, 2.05) is 13.8 Å². The van der Waals surface area contributed by atoms with Gasteiger partial charge in [-0.2, -0.15) is 26.3 Å². The van der Waals surface area contributed by atoms with Crippen LogP contribution in [0.2, 0.25) is 0 Å². The highest BCUT2D eigenvalue weighted by Crippen LogP contribution is 2.76. The maximum Gasteiger partial charge on any atom is 0.314 e. The molecule has 0 radical (unpaired) electrons. The maximum atomic E-state index is 15.8. The van der Waals surface area contributed by atoms with Gasteiger partial charge in [-0.1, -0.05) is 53.9 Å². The van der Waals surface area contributed by atoms with E-state index in [9.17, 15) is 5.11 Å². The Morgan fingerprint density at radius 3 is 2.14 bits per heavy atom. The molecule has 0 aromatic carbocycles. The third kappa shape index (κ3) is 3.64. The highest BCUT2D eigenvalue weighted by molar-refractivity contribution is 5.35. The summed E-state index contributed by atoms with van der Waals surface area (Å²) >= 11 is 0. The molecule has 1 nitrogen and oxygen atoms in total. The SMILES string of the molecule is CC(C)CCC[C@@H](C)[C@H]1C(F)(F)C(F)(F)[C@H]2[C@H]3[C@H](CC[C@@]21C)[C@@]1(C)CC[C@H](O)CC1=C(F)C3(F)F. The van der Waals surface area contributed by atoms with E-state index in [1.54, 1.807) is 6.92 Å². The molecule has 0 aliphatic heterocycles. The van der Waals surface area contributed by atoms with Crippen molar-refractivity contribution in [3.05, 3.63) is 11.4 Å². The zero-order valence-corrected chi connectivity index (χ0v) is 21.3. The van der Waals surface area contributed by atoms with Crippen molar-refractivity contribution in [3.63, 3.8) is 0 Å². The lowest BCUT2D eigenvalue weighted by molar-refractivity contribution is -0.257. The van der Waals surface area contributed by atoms with Crippen LogP contribution in [0, 0.1) is 46.3 Å². The van der Waals surface area contributed by atoms with Crippen molar-refractivity contribution in [2.45, 2.75) is 110 Å². The molecule has 35 heavy (non-hydrogen) atoms. The summed E-state index contributed by atoms with van der Waals surface area (Å²) in [5.41, 5.74) is -3.10. The van der Waals surface area contributed by atoms with Gasteiger partial charge in [-0.25, -0.2) is 4.39 Å². The van der Waals surface area contributed by atoms with Crippen molar-refractivity contribution in [2.24, 2.45) is 46.3 Å². The first-order valence-corrected chi connectivity index (χ1v) is 13.1. The van der Waals surface area contributed by atoms with Crippen molar-refractivity contribution in [1.82, 2.24) is 0 Å². The van der Waals surface area contributed by atoms with Gasteiger partial charge in [0.25, 0.3) is 0 Å². The average molecular weight is 513 g/mol. The summed E-state index contributed by atoms with van der Waals surface area (Å²) in [6.07, 6.45) is 0.899. The van der Waals surface area contributed by atoms with Gasteiger partial charge in [0.1, 0.15) is 0 Å². The molecule has 0 heterocycles. The molecule has 202 valence electrons. The van der Waals surface area contributed by atoms with Gasteiger partial charge in [0.15, 0.2) is 5.83 Å². The molecular weight excluding hydrogens is 473 g/mol. The molecule has 0 aromatic heterocycles. The van der Waals surface area contributed by atoms with Crippen LogP contribution in [0.4, 0.5) is 30.7 Å². The fourth-order valence-electron chi connectivity index (χ4n) is 8.75. The van der Waals surface area contributed by atoms with Crippen LogP contribution in [0.5, 0.6) is 0 Å². The molecule has 8 atom stereocenters. The first kappa shape index (κ1) is 27.3. The lowest BCUT2D eigenvalue weighted by atomic mass is 9.45. The second-order valence-corrected chi connectivity index (χ2v) is 12.9. The number of aliphatic hydroxyl groups excluding tert-OH is 1. The number of alkyl halides is 6. The van der Waals surface area contributed by atoms with Crippen LogP contribution in [0.15, 0.2) is 11.4 Å². The molecular formula is C27H39F7O. The van der Waals surface area contributed by atoms with Gasteiger partial charge >= 0.3 is 17.8 Å². The van der Waals surface area contributed by atoms with Gasteiger partial charge in [0, 0.05) is 17.8 Å². The van der Waals surface area contributed by atoms with E-state index in [2.05, 4.69) is 0 Å². The Kier molecular flexibility index (Phi) is 6.51. The van der Waals surface area contributed by atoms with E-state index >= 15 is 30.7 Å². The van der Waals surface area contributed by atoms with Gasteiger partial charge in [0.2, 0.25) is 0 Å². The van der Waals surface area contributed by atoms with Crippen LogP contribution >= 0.6 is 0 Å². The quantitative estimate of drug-likeness (QED) is 0.367. The minimum Gasteiger partial charge on any atom is -0.393 e. The highest BCUT2D eigenvalue weighted by atomic mass is 19.3. The molecule has 0 spiro atoms. The van der Waals surface area contributed by atoms with E-state index in [4.69, 9.17) is 0 Å². The third-order valence-electron chi connectivity index (χ3n) is 10.4. The highest BCUT2D eigenvalue weighted by Gasteiger charge is 2.84. The van der Waals surface area contributed by atoms with Crippen LogP contribution in [0.3, 0.4) is 0 Å². The Hall–Kier alpha value is -0.790. The molecule has 0 unspecified atom stereocenters. The minimum atomic E-state index is -4.67. The second-order valence-electron chi connectivity index (χ2n) is 12.9.